The number of amides is 1. The highest BCUT2D eigenvalue weighted by atomic mass is 19.1. The number of anilines is 1. The summed E-state index contributed by atoms with van der Waals surface area (Å²) in [4.78, 5) is 15.6. The summed E-state index contributed by atoms with van der Waals surface area (Å²) in [6.45, 7) is 3.66. The summed E-state index contributed by atoms with van der Waals surface area (Å²) in [7, 11) is 0. The molecule has 112 valence electrons. The van der Waals surface area contributed by atoms with Gasteiger partial charge in [-0.25, -0.2) is 9.37 Å². The summed E-state index contributed by atoms with van der Waals surface area (Å²) in [5, 5.41) is 12.2. The van der Waals surface area contributed by atoms with Crippen molar-refractivity contribution >= 4 is 11.6 Å². The number of nitrogens with zero attached hydrogens (tertiary/aromatic N) is 2. The summed E-state index contributed by atoms with van der Waals surface area (Å²) in [5.41, 5.74) is 0.713. The highest BCUT2D eigenvalue weighted by Gasteiger charge is 2.15. The van der Waals surface area contributed by atoms with E-state index in [1.54, 1.807) is 29.1 Å². The lowest BCUT2D eigenvalue weighted by Gasteiger charge is -2.14. The van der Waals surface area contributed by atoms with Gasteiger partial charge in [-0.1, -0.05) is 13.8 Å². The first-order valence-electron chi connectivity index (χ1n) is 6.73. The van der Waals surface area contributed by atoms with Crippen molar-refractivity contribution in [3.63, 3.8) is 0 Å². The lowest BCUT2D eigenvalue weighted by molar-refractivity contribution is -0.118. The van der Waals surface area contributed by atoms with Crippen molar-refractivity contribution in [2.75, 3.05) is 5.32 Å². The van der Waals surface area contributed by atoms with Crippen LogP contribution in [0.3, 0.4) is 0 Å². The molecule has 0 radical (unpaired) electrons. The predicted octanol–water partition coefficient (Wildman–Crippen LogP) is 2.36. The summed E-state index contributed by atoms with van der Waals surface area (Å²) in [6, 6.07) is 4.42. The molecule has 0 aliphatic carbocycles. The fourth-order valence-corrected chi connectivity index (χ4v) is 1.83. The highest BCUT2D eigenvalue weighted by Crippen LogP contribution is 2.18. The SMILES string of the molecule is CC(C)C(O)CC(=O)Nc1ccc(-n2ccnc2)c(F)c1. The number of hydrogen-bond donors (Lipinski definition) is 2. The maximum atomic E-state index is 14.0. The van der Waals surface area contributed by atoms with Crippen molar-refractivity contribution in [2.24, 2.45) is 5.92 Å². The molecule has 2 rings (SSSR count). The topological polar surface area (TPSA) is 67.2 Å². The molecule has 0 saturated carbocycles. The third-order valence-electron chi connectivity index (χ3n) is 3.18. The van der Waals surface area contributed by atoms with E-state index in [4.69, 9.17) is 0 Å². The molecular formula is C15H18FN3O2. The Balaban J connectivity index is 2.05. The van der Waals surface area contributed by atoms with E-state index in [-0.39, 0.29) is 18.2 Å². The molecule has 0 aliphatic heterocycles. The maximum Gasteiger partial charge on any atom is 0.226 e. The van der Waals surface area contributed by atoms with E-state index >= 15 is 0 Å². The van der Waals surface area contributed by atoms with Gasteiger partial charge in [0.2, 0.25) is 5.91 Å². The second-order valence-electron chi connectivity index (χ2n) is 5.20. The van der Waals surface area contributed by atoms with Gasteiger partial charge in [-0.2, -0.15) is 0 Å². The van der Waals surface area contributed by atoms with E-state index in [2.05, 4.69) is 10.3 Å². The molecule has 0 saturated heterocycles. The predicted molar refractivity (Wildman–Crippen MR) is 77.6 cm³/mol. The molecule has 0 spiro atoms. The van der Waals surface area contributed by atoms with E-state index in [9.17, 15) is 14.3 Å². The third-order valence-corrected chi connectivity index (χ3v) is 3.18. The average molecular weight is 291 g/mol. The zero-order chi connectivity index (χ0) is 15.4. The molecule has 0 fully saturated rings. The summed E-state index contributed by atoms with van der Waals surface area (Å²) in [6.07, 6.45) is 3.97. The third kappa shape index (κ3) is 3.88. The number of aliphatic hydroxyl groups is 1. The standard InChI is InChI=1S/C15H18FN3O2/c1-10(2)14(20)8-15(21)18-11-3-4-13(12(16)7-11)19-6-5-17-9-19/h3-7,9-10,14,20H,8H2,1-2H3,(H,18,21). The van der Waals surface area contributed by atoms with Gasteiger partial charge in [0.25, 0.3) is 0 Å². The van der Waals surface area contributed by atoms with E-state index in [0.717, 1.165) is 0 Å². The largest absolute Gasteiger partial charge is 0.392 e. The van der Waals surface area contributed by atoms with E-state index in [1.165, 1.54) is 12.4 Å². The van der Waals surface area contributed by atoms with Crippen molar-refractivity contribution in [3.8, 4) is 5.69 Å². The lowest BCUT2D eigenvalue weighted by atomic mass is 10.0. The van der Waals surface area contributed by atoms with Crippen LogP contribution in [0, 0.1) is 11.7 Å². The Morgan fingerprint density at radius 1 is 1.48 bits per heavy atom. The Bertz CT molecular complexity index is 611. The molecule has 0 aliphatic rings. The van der Waals surface area contributed by atoms with E-state index in [1.807, 2.05) is 13.8 Å². The van der Waals surface area contributed by atoms with Crippen molar-refractivity contribution in [3.05, 3.63) is 42.7 Å². The molecule has 6 heteroatoms. The number of benzene rings is 1. The van der Waals surface area contributed by atoms with Crippen molar-refractivity contribution in [1.29, 1.82) is 0 Å². The van der Waals surface area contributed by atoms with Crippen LogP contribution in [0.25, 0.3) is 5.69 Å². The van der Waals surface area contributed by atoms with Gasteiger partial charge in [0.15, 0.2) is 0 Å². The van der Waals surface area contributed by atoms with Crippen molar-refractivity contribution < 1.29 is 14.3 Å². The second kappa shape index (κ2) is 6.49. The molecule has 5 nitrogen and oxygen atoms in total. The molecule has 21 heavy (non-hydrogen) atoms. The summed E-state index contributed by atoms with van der Waals surface area (Å²) in [5.74, 6) is -0.808. The first kappa shape index (κ1) is 15.2. The van der Waals surface area contributed by atoms with Crippen LogP contribution in [0.2, 0.25) is 0 Å². The molecule has 0 bridgehead atoms. The van der Waals surface area contributed by atoms with Crippen molar-refractivity contribution in [2.45, 2.75) is 26.4 Å². The average Bonchev–Trinajstić information content (AvgIpc) is 2.92. The van der Waals surface area contributed by atoms with E-state index in [0.29, 0.717) is 11.4 Å². The molecule has 2 N–H and O–H groups in total. The molecule has 1 heterocycles. The molecular weight excluding hydrogens is 273 g/mol. The summed E-state index contributed by atoms with van der Waals surface area (Å²) >= 11 is 0. The first-order chi connectivity index (χ1) is 9.97. The van der Waals surface area contributed by atoms with Crippen LogP contribution in [0.1, 0.15) is 20.3 Å². The van der Waals surface area contributed by atoms with Gasteiger partial charge in [0.1, 0.15) is 5.82 Å². The van der Waals surface area contributed by atoms with Gasteiger partial charge in [-0.05, 0) is 24.1 Å². The number of nitrogens with one attached hydrogen (secondary N) is 1. The normalized spacial score (nSPS) is 12.4. The zero-order valence-corrected chi connectivity index (χ0v) is 12.0. The molecule has 1 amide bonds. The monoisotopic (exact) mass is 291 g/mol. The molecule has 2 aromatic rings. The van der Waals surface area contributed by atoms with Gasteiger partial charge in [-0.3, -0.25) is 4.79 Å². The first-order valence-corrected chi connectivity index (χ1v) is 6.73. The lowest BCUT2D eigenvalue weighted by Crippen LogP contribution is -2.23. The number of halogens is 1. The Labute approximate surface area is 122 Å². The quantitative estimate of drug-likeness (QED) is 0.888. The number of carbonyl (C=O) groups is 1. The molecule has 1 aromatic carbocycles. The Morgan fingerprint density at radius 3 is 2.81 bits per heavy atom. The fourth-order valence-electron chi connectivity index (χ4n) is 1.83. The highest BCUT2D eigenvalue weighted by molar-refractivity contribution is 5.91. The Hall–Kier alpha value is -2.21. The number of aromatic nitrogens is 2. The number of rotatable bonds is 5. The Morgan fingerprint density at radius 2 is 2.24 bits per heavy atom. The van der Waals surface area contributed by atoms with Crippen LogP contribution in [0.15, 0.2) is 36.9 Å². The number of carbonyl (C=O) groups excluding carboxylic acids is 1. The van der Waals surface area contributed by atoms with Crippen LogP contribution in [0.5, 0.6) is 0 Å². The van der Waals surface area contributed by atoms with Crippen LogP contribution in [-0.4, -0.2) is 26.7 Å². The van der Waals surface area contributed by atoms with Crippen LogP contribution < -0.4 is 5.32 Å². The van der Waals surface area contributed by atoms with Gasteiger partial charge >= 0.3 is 0 Å². The molecule has 1 aromatic heterocycles. The molecule has 1 unspecified atom stereocenters. The van der Waals surface area contributed by atoms with Crippen LogP contribution in [0.4, 0.5) is 10.1 Å². The van der Waals surface area contributed by atoms with Gasteiger partial charge in [0.05, 0.1) is 24.5 Å². The number of imidazole rings is 1. The van der Waals surface area contributed by atoms with Crippen LogP contribution >= 0.6 is 0 Å². The Kier molecular flexibility index (Phi) is 4.70. The fraction of sp³-hybridized carbons (Fsp3) is 0.333. The maximum absolute atomic E-state index is 14.0. The van der Waals surface area contributed by atoms with Gasteiger partial charge in [0, 0.05) is 18.1 Å². The summed E-state index contributed by atoms with van der Waals surface area (Å²) < 4.78 is 15.6. The van der Waals surface area contributed by atoms with E-state index < -0.39 is 11.9 Å². The molecule has 1 atom stereocenters. The van der Waals surface area contributed by atoms with Gasteiger partial charge < -0.3 is 15.0 Å². The minimum absolute atomic E-state index is 0.00361. The number of hydrogen-bond acceptors (Lipinski definition) is 3. The number of aliphatic hydroxyl groups excluding tert-OH is 1. The van der Waals surface area contributed by atoms with Gasteiger partial charge in [-0.15, -0.1) is 0 Å². The zero-order valence-electron chi connectivity index (χ0n) is 12.0. The minimum atomic E-state index is -0.708. The van der Waals surface area contributed by atoms with Crippen molar-refractivity contribution in [1.82, 2.24) is 9.55 Å². The minimum Gasteiger partial charge on any atom is -0.392 e. The second-order valence-corrected chi connectivity index (χ2v) is 5.20. The van der Waals surface area contributed by atoms with Crippen LogP contribution in [-0.2, 0) is 4.79 Å². The smallest absolute Gasteiger partial charge is 0.226 e.